The number of phenols is 8. The van der Waals surface area contributed by atoms with E-state index in [4.69, 9.17) is 0 Å². The van der Waals surface area contributed by atoms with E-state index in [-0.39, 0.29) is 46.0 Å². The van der Waals surface area contributed by atoms with E-state index in [0.29, 0.717) is 38.5 Å². The van der Waals surface area contributed by atoms with Crippen LogP contribution in [0.25, 0.3) is 0 Å². The van der Waals surface area contributed by atoms with Crippen LogP contribution in [0.2, 0.25) is 0 Å². The van der Waals surface area contributed by atoms with E-state index in [1.165, 1.54) is 0 Å². The molecule has 8 rings (SSSR count). The zero-order chi connectivity index (χ0) is 59.7. The Balaban J connectivity index is 0.000000236. The van der Waals surface area contributed by atoms with Crippen molar-refractivity contribution in [3.63, 3.8) is 0 Å². The van der Waals surface area contributed by atoms with Crippen LogP contribution in [0.5, 0.6) is 46.0 Å². The highest BCUT2D eigenvalue weighted by Crippen LogP contribution is 2.40. The Morgan fingerprint density at radius 3 is 0.415 bits per heavy atom. The Labute approximate surface area is 488 Å². The Hall–Kier alpha value is -7.84. The average molecular weight is 1110 g/mol. The smallest absolute Gasteiger partial charge is 0.122 e. The minimum absolute atomic E-state index is 0.202. The van der Waals surface area contributed by atoms with Crippen LogP contribution in [0.3, 0.4) is 0 Å². The fraction of sp³-hybridized carbons (Fsp3) is 0.351. The van der Waals surface area contributed by atoms with Crippen LogP contribution in [0.15, 0.2) is 97.1 Å². The normalized spacial score (nSPS) is 11.3. The van der Waals surface area contributed by atoms with Gasteiger partial charge in [-0.1, -0.05) is 152 Å². The highest BCUT2D eigenvalue weighted by Gasteiger charge is 2.22. The van der Waals surface area contributed by atoms with E-state index in [2.05, 4.69) is 55.4 Å². The second-order valence-corrected chi connectivity index (χ2v) is 22.6. The van der Waals surface area contributed by atoms with Gasteiger partial charge in [0.1, 0.15) is 46.0 Å². The van der Waals surface area contributed by atoms with E-state index >= 15 is 0 Å². The van der Waals surface area contributed by atoms with Gasteiger partial charge >= 0.3 is 0 Å². The van der Waals surface area contributed by atoms with Crippen molar-refractivity contribution < 1.29 is 40.9 Å². The topological polar surface area (TPSA) is 162 Å². The first-order valence-corrected chi connectivity index (χ1v) is 29.8. The lowest BCUT2D eigenvalue weighted by molar-refractivity contribution is 0.451. The van der Waals surface area contributed by atoms with Crippen molar-refractivity contribution in [3.05, 3.63) is 231 Å². The highest BCUT2D eigenvalue weighted by molar-refractivity contribution is 5.58. The number of rotatable bonds is 20. The van der Waals surface area contributed by atoms with Crippen LogP contribution in [-0.2, 0) is 89.9 Å². The van der Waals surface area contributed by atoms with Gasteiger partial charge in [-0.15, -0.1) is 0 Å². The number of phenolic OH excluding ortho intramolecular Hbond substituents is 8. The molecule has 0 amide bonds. The summed E-state index contributed by atoms with van der Waals surface area (Å²) in [5.41, 5.74) is 21.7. The molecule has 8 aromatic carbocycles. The molecule has 0 aliphatic rings. The third kappa shape index (κ3) is 14.2. The van der Waals surface area contributed by atoms with E-state index in [1.54, 1.807) is 0 Å². The van der Waals surface area contributed by atoms with E-state index < -0.39 is 0 Å². The molecule has 0 spiro atoms. The maximum absolute atomic E-state index is 11.5. The number of benzene rings is 8. The van der Waals surface area contributed by atoms with E-state index in [9.17, 15) is 40.9 Å². The summed E-state index contributed by atoms with van der Waals surface area (Å²) < 4.78 is 0. The van der Waals surface area contributed by atoms with Gasteiger partial charge < -0.3 is 40.9 Å². The van der Waals surface area contributed by atoms with Gasteiger partial charge in [-0.05, 0) is 213 Å². The molecule has 432 valence electrons. The van der Waals surface area contributed by atoms with Crippen LogP contribution in [0.1, 0.15) is 189 Å². The van der Waals surface area contributed by atoms with Crippen molar-refractivity contribution in [2.45, 2.75) is 173 Å². The summed E-state index contributed by atoms with van der Waals surface area (Å²) in [4.78, 5) is 0. The van der Waals surface area contributed by atoms with Gasteiger partial charge in [0, 0.05) is 38.5 Å². The molecule has 0 aliphatic heterocycles. The quantitative estimate of drug-likeness (QED) is 0.0374. The molecule has 0 atom stereocenters. The van der Waals surface area contributed by atoms with Crippen molar-refractivity contribution >= 4 is 0 Å². The largest absolute Gasteiger partial charge is 0.507 e. The Morgan fingerprint density at radius 1 is 0.183 bits per heavy atom. The first kappa shape index (κ1) is 61.8. The van der Waals surface area contributed by atoms with Crippen LogP contribution in [0, 0.1) is 27.7 Å². The Morgan fingerprint density at radius 2 is 0.293 bits per heavy atom. The standard InChI is InChI=1S/2C37H44O4/c2*1-7-24-11-22(5)34(38)28(13-24)19-30-15-26(9-3)17-32(36(30)40)21-33-18-27(10-4)16-31(37(33)41)20-29-14-25(8-2)12-23(6)35(29)39/h2*11-18,38-41H,7-10,19-21H2,1-6H3. The summed E-state index contributed by atoms with van der Waals surface area (Å²) in [6.45, 7) is 24.4. The Bertz CT molecular complexity index is 3130. The summed E-state index contributed by atoms with van der Waals surface area (Å²) in [6, 6.07) is 32.3. The third-order valence-corrected chi connectivity index (χ3v) is 16.6. The average Bonchev–Trinajstić information content (AvgIpc) is 3.60. The molecule has 82 heavy (non-hydrogen) atoms. The molecule has 0 bridgehead atoms. The SMILES string of the molecule is CCc1cc(C)c(O)c(Cc2cc(CC)cc(Cc3cc(CC)cc(Cc4cc(CC)cc(C)c4O)c3O)c2O)c1.CCc1cc(C)c(O)c(Cc2cc(CC)cc(Cc3cc(CC)cc(Cc4cc(CC)cc(C)c4O)c3O)c2O)c1. The van der Waals surface area contributed by atoms with Gasteiger partial charge in [-0.3, -0.25) is 0 Å². The van der Waals surface area contributed by atoms with Crippen molar-refractivity contribution in [2.75, 3.05) is 0 Å². The second kappa shape index (κ2) is 27.3. The predicted octanol–water partition coefficient (Wildman–Crippen LogP) is 16.3. The number of hydrogen-bond acceptors (Lipinski definition) is 8. The molecule has 8 heteroatoms. The number of aromatic hydroxyl groups is 8. The monoisotopic (exact) mass is 1100 g/mol. The molecule has 0 fully saturated rings. The van der Waals surface area contributed by atoms with Crippen molar-refractivity contribution in [1.82, 2.24) is 0 Å². The summed E-state index contributed by atoms with van der Waals surface area (Å²) in [6.07, 6.45) is 9.14. The molecule has 0 unspecified atom stereocenters. The number of hydrogen-bond donors (Lipinski definition) is 8. The summed E-state index contributed by atoms with van der Waals surface area (Å²) in [5, 5.41) is 89.0. The maximum Gasteiger partial charge on any atom is 0.122 e. The second-order valence-electron chi connectivity index (χ2n) is 22.6. The lowest BCUT2D eigenvalue weighted by Crippen LogP contribution is -2.02. The number of aryl methyl sites for hydroxylation is 12. The molecule has 0 aliphatic carbocycles. The van der Waals surface area contributed by atoms with Gasteiger partial charge in [0.25, 0.3) is 0 Å². The first-order valence-electron chi connectivity index (χ1n) is 29.8. The van der Waals surface area contributed by atoms with Gasteiger partial charge in [0.15, 0.2) is 0 Å². The van der Waals surface area contributed by atoms with Crippen LogP contribution >= 0.6 is 0 Å². The lowest BCUT2D eigenvalue weighted by Gasteiger charge is -2.18. The zero-order valence-electron chi connectivity index (χ0n) is 50.7. The van der Waals surface area contributed by atoms with Crippen molar-refractivity contribution in [1.29, 1.82) is 0 Å². The lowest BCUT2D eigenvalue weighted by atomic mass is 9.90. The Kier molecular flexibility index (Phi) is 20.6. The van der Waals surface area contributed by atoms with Crippen LogP contribution in [-0.4, -0.2) is 40.9 Å². The summed E-state index contributed by atoms with van der Waals surface area (Å²) in [5.74, 6) is 1.89. The summed E-state index contributed by atoms with van der Waals surface area (Å²) >= 11 is 0. The third-order valence-electron chi connectivity index (χ3n) is 16.6. The van der Waals surface area contributed by atoms with Crippen LogP contribution in [0.4, 0.5) is 0 Å². The molecule has 8 aromatic rings. The van der Waals surface area contributed by atoms with Gasteiger partial charge in [0.05, 0.1) is 0 Å². The van der Waals surface area contributed by atoms with E-state index in [1.807, 2.05) is 125 Å². The predicted molar refractivity (Wildman–Crippen MR) is 336 cm³/mol. The van der Waals surface area contributed by atoms with Crippen molar-refractivity contribution in [2.24, 2.45) is 0 Å². The molecular formula is C74H88O8. The minimum Gasteiger partial charge on any atom is -0.507 e. The minimum atomic E-state index is 0.202. The van der Waals surface area contributed by atoms with Gasteiger partial charge in [0.2, 0.25) is 0 Å². The molecule has 8 nitrogen and oxygen atoms in total. The maximum atomic E-state index is 11.5. The van der Waals surface area contributed by atoms with Crippen LogP contribution < -0.4 is 0 Å². The molecule has 0 heterocycles. The van der Waals surface area contributed by atoms with Crippen molar-refractivity contribution in [3.8, 4) is 46.0 Å². The molecular weight excluding hydrogens is 1020 g/mol. The molecule has 0 saturated heterocycles. The zero-order valence-corrected chi connectivity index (χ0v) is 50.7. The molecule has 8 N–H and O–H groups in total. The van der Waals surface area contributed by atoms with Gasteiger partial charge in [-0.25, -0.2) is 0 Å². The highest BCUT2D eigenvalue weighted by atomic mass is 16.3. The van der Waals surface area contributed by atoms with E-state index in [0.717, 1.165) is 185 Å². The fourth-order valence-electron chi connectivity index (χ4n) is 11.5. The van der Waals surface area contributed by atoms with Gasteiger partial charge in [-0.2, -0.15) is 0 Å². The fourth-order valence-corrected chi connectivity index (χ4v) is 11.5. The molecule has 0 aromatic heterocycles. The first-order chi connectivity index (χ1) is 39.1. The molecule has 0 saturated carbocycles. The summed E-state index contributed by atoms with van der Waals surface area (Å²) in [7, 11) is 0. The molecule has 0 radical (unpaired) electrons.